The Morgan fingerprint density at radius 2 is 2.00 bits per heavy atom. The molecule has 0 aliphatic heterocycles. The second-order valence-corrected chi connectivity index (χ2v) is 6.24. The van der Waals surface area contributed by atoms with Gasteiger partial charge in [0.15, 0.2) is 5.82 Å². The van der Waals surface area contributed by atoms with Gasteiger partial charge in [-0.05, 0) is 24.9 Å². The molecule has 0 spiro atoms. The molecule has 0 aliphatic rings. The molecule has 1 rings (SSSR count). The van der Waals surface area contributed by atoms with E-state index in [-0.39, 0.29) is 17.8 Å². The van der Waals surface area contributed by atoms with Crippen LogP contribution in [0.5, 0.6) is 0 Å². The van der Waals surface area contributed by atoms with Gasteiger partial charge in [0.1, 0.15) is 0 Å². The predicted molar refractivity (Wildman–Crippen MR) is 79.3 cm³/mol. The lowest BCUT2D eigenvalue weighted by Gasteiger charge is -2.27. The number of aromatic nitrogens is 2. The van der Waals surface area contributed by atoms with Crippen LogP contribution in [0.1, 0.15) is 39.4 Å². The van der Waals surface area contributed by atoms with Crippen molar-refractivity contribution in [2.45, 2.75) is 40.7 Å². The highest BCUT2D eigenvalue weighted by Crippen LogP contribution is 2.15. The van der Waals surface area contributed by atoms with E-state index >= 15 is 0 Å². The molecule has 0 saturated carbocycles. The average molecular weight is 291 g/mol. The fraction of sp³-hybridized carbons (Fsp3) is 0.846. The lowest BCUT2D eigenvalue weighted by atomic mass is 9.93. The molecule has 0 aliphatic carbocycles. The first-order chi connectivity index (χ1) is 8.32. The van der Waals surface area contributed by atoms with Crippen molar-refractivity contribution in [2.75, 3.05) is 20.1 Å². The molecular weight excluding hydrogens is 264 g/mol. The first-order valence-corrected chi connectivity index (χ1v) is 6.52. The fourth-order valence-corrected chi connectivity index (χ4v) is 1.88. The molecule has 0 unspecified atom stereocenters. The topological polar surface area (TPSA) is 68.2 Å². The van der Waals surface area contributed by atoms with E-state index in [1.807, 2.05) is 7.05 Å². The van der Waals surface area contributed by atoms with E-state index in [1.165, 1.54) is 0 Å². The largest absolute Gasteiger partial charge is 0.338 e. The van der Waals surface area contributed by atoms with Gasteiger partial charge in [0, 0.05) is 13.0 Å². The number of hydrogen-bond donors (Lipinski definition) is 1. The van der Waals surface area contributed by atoms with Crippen molar-refractivity contribution in [1.82, 2.24) is 15.0 Å². The summed E-state index contributed by atoms with van der Waals surface area (Å²) in [5.41, 5.74) is 5.84. The van der Waals surface area contributed by atoms with Gasteiger partial charge in [0.2, 0.25) is 5.89 Å². The molecule has 0 saturated heterocycles. The summed E-state index contributed by atoms with van der Waals surface area (Å²) in [6.07, 6.45) is 0.863. The maximum Gasteiger partial charge on any atom is 0.240 e. The Hall–Kier alpha value is -0.650. The molecular formula is C13H27ClN4O. The molecule has 112 valence electrons. The van der Waals surface area contributed by atoms with Crippen LogP contribution in [-0.2, 0) is 13.0 Å². The summed E-state index contributed by atoms with van der Waals surface area (Å²) in [6, 6.07) is 0. The average Bonchev–Trinajstić information content (AvgIpc) is 2.63. The van der Waals surface area contributed by atoms with E-state index in [2.05, 4.69) is 42.7 Å². The van der Waals surface area contributed by atoms with Crippen molar-refractivity contribution < 1.29 is 4.52 Å². The Bertz CT molecular complexity index is 365. The molecule has 19 heavy (non-hydrogen) atoms. The minimum atomic E-state index is 0. The number of rotatable bonds is 7. The molecule has 0 aromatic carbocycles. The molecule has 0 fully saturated rings. The van der Waals surface area contributed by atoms with Gasteiger partial charge in [-0.25, -0.2) is 0 Å². The third-order valence-electron chi connectivity index (χ3n) is 2.76. The quantitative estimate of drug-likeness (QED) is 0.833. The summed E-state index contributed by atoms with van der Waals surface area (Å²) < 4.78 is 5.25. The minimum absolute atomic E-state index is 0. The SMILES string of the molecule is CC(C)Cc1noc(CN(C)CC(C)(C)CN)n1.Cl. The van der Waals surface area contributed by atoms with Gasteiger partial charge in [0.25, 0.3) is 0 Å². The lowest BCUT2D eigenvalue weighted by molar-refractivity contribution is 0.189. The lowest BCUT2D eigenvalue weighted by Crippen LogP contribution is -2.36. The Kier molecular flexibility index (Phi) is 7.55. The summed E-state index contributed by atoms with van der Waals surface area (Å²) in [5.74, 6) is 2.02. The normalized spacial score (nSPS) is 12.0. The molecule has 0 bridgehead atoms. The third-order valence-corrected chi connectivity index (χ3v) is 2.76. The number of nitrogens with zero attached hydrogens (tertiary/aromatic N) is 3. The van der Waals surface area contributed by atoms with Crippen LogP contribution >= 0.6 is 12.4 Å². The van der Waals surface area contributed by atoms with E-state index in [0.29, 0.717) is 24.9 Å². The van der Waals surface area contributed by atoms with Crippen molar-refractivity contribution in [2.24, 2.45) is 17.1 Å². The van der Waals surface area contributed by atoms with Crippen LogP contribution in [0.15, 0.2) is 4.52 Å². The Morgan fingerprint density at radius 3 is 2.53 bits per heavy atom. The highest BCUT2D eigenvalue weighted by atomic mass is 35.5. The molecule has 0 radical (unpaired) electrons. The van der Waals surface area contributed by atoms with Crippen molar-refractivity contribution in [1.29, 1.82) is 0 Å². The zero-order valence-electron chi connectivity index (χ0n) is 12.6. The summed E-state index contributed by atoms with van der Waals surface area (Å²) in [6.45, 7) is 10.8. The fourth-order valence-electron chi connectivity index (χ4n) is 1.88. The van der Waals surface area contributed by atoms with Gasteiger partial charge in [-0.1, -0.05) is 32.9 Å². The zero-order chi connectivity index (χ0) is 13.8. The second-order valence-electron chi connectivity index (χ2n) is 6.24. The third kappa shape index (κ3) is 6.89. The van der Waals surface area contributed by atoms with Gasteiger partial charge < -0.3 is 10.3 Å². The molecule has 1 aromatic rings. The minimum Gasteiger partial charge on any atom is -0.338 e. The Morgan fingerprint density at radius 1 is 1.37 bits per heavy atom. The highest BCUT2D eigenvalue weighted by molar-refractivity contribution is 5.85. The Balaban J connectivity index is 0.00000324. The molecule has 1 aromatic heterocycles. The Labute approximate surface area is 122 Å². The van der Waals surface area contributed by atoms with Gasteiger partial charge in [0.05, 0.1) is 6.54 Å². The van der Waals surface area contributed by atoms with E-state index in [1.54, 1.807) is 0 Å². The summed E-state index contributed by atoms with van der Waals surface area (Å²) in [5, 5.41) is 3.99. The van der Waals surface area contributed by atoms with Crippen LogP contribution in [0.3, 0.4) is 0 Å². The van der Waals surface area contributed by atoms with Gasteiger partial charge in [-0.15, -0.1) is 12.4 Å². The van der Waals surface area contributed by atoms with Crippen molar-refractivity contribution in [3.05, 3.63) is 11.7 Å². The summed E-state index contributed by atoms with van der Waals surface area (Å²) in [4.78, 5) is 6.56. The van der Waals surface area contributed by atoms with Gasteiger partial charge in [-0.3, -0.25) is 4.90 Å². The van der Waals surface area contributed by atoms with E-state index in [9.17, 15) is 0 Å². The monoisotopic (exact) mass is 290 g/mol. The van der Waals surface area contributed by atoms with Crippen LogP contribution in [0.4, 0.5) is 0 Å². The van der Waals surface area contributed by atoms with Crippen LogP contribution in [0.2, 0.25) is 0 Å². The van der Waals surface area contributed by atoms with Gasteiger partial charge in [-0.2, -0.15) is 4.98 Å². The first-order valence-electron chi connectivity index (χ1n) is 6.52. The first kappa shape index (κ1) is 18.4. The predicted octanol–water partition coefficient (Wildman–Crippen LogP) is 2.11. The number of halogens is 1. The highest BCUT2D eigenvalue weighted by Gasteiger charge is 2.19. The molecule has 6 heteroatoms. The summed E-state index contributed by atoms with van der Waals surface area (Å²) >= 11 is 0. The van der Waals surface area contributed by atoms with Crippen LogP contribution in [-0.4, -0.2) is 35.2 Å². The molecule has 0 amide bonds. The molecule has 0 atom stereocenters. The van der Waals surface area contributed by atoms with Crippen molar-refractivity contribution >= 4 is 12.4 Å². The van der Waals surface area contributed by atoms with Crippen molar-refractivity contribution in [3.8, 4) is 0 Å². The summed E-state index contributed by atoms with van der Waals surface area (Å²) in [7, 11) is 2.05. The van der Waals surface area contributed by atoms with Crippen LogP contribution in [0.25, 0.3) is 0 Å². The standard InChI is InChI=1S/C13H26N4O.ClH/c1-10(2)6-11-15-12(18-16-11)7-17(5)9-13(3,4)8-14;/h10H,6-9,14H2,1-5H3;1H. The van der Waals surface area contributed by atoms with Gasteiger partial charge >= 0.3 is 0 Å². The smallest absolute Gasteiger partial charge is 0.240 e. The molecule has 2 N–H and O–H groups in total. The van der Waals surface area contributed by atoms with Crippen LogP contribution in [0, 0.1) is 11.3 Å². The zero-order valence-corrected chi connectivity index (χ0v) is 13.5. The van der Waals surface area contributed by atoms with Crippen LogP contribution < -0.4 is 5.73 Å². The molecule has 5 nitrogen and oxygen atoms in total. The second kappa shape index (κ2) is 7.82. The number of nitrogens with two attached hydrogens (primary N) is 1. The van der Waals surface area contributed by atoms with E-state index < -0.39 is 0 Å². The van der Waals surface area contributed by atoms with E-state index in [4.69, 9.17) is 10.3 Å². The molecule has 1 heterocycles. The van der Waals surface area contributed by atoms with E-state index in [0.717, 1.165) is 18.8 Å². The maximum absolute atomic E-state index is 5.73. The maximum atomic E-state index is 5.73. The number of hydrogen-bond acceptors (Lipinski definition) is 5. The van der Waals surface area contributed by atoms with Crippen molar-refractivity contribution in [3.63, 3.8) is 0 Å².